The molecule has 0 radical (unpaired) electrons. The number of hydrogen-bond donors (Lipinski definition) is 2. The van der Waals surface area contributed by atoms with E-state index in [2.05, 4.69) is 29.5 Å². The van der Waals surface area contributed by atoms with Gasteiger partial charge >= 0.3 is 5.97 Å². The molecule has 0 aliphatic rings. The van der Waals surface area contributed by atoms with Crippen LogP contribution in [0, 0.1) is 12.8 Å². The Kier molecular flexibility index (Phi) is 8.22. The molecule has 1 heterocycles. The van der Waals surface area contributed by atoms with Crippen LogP contribution in [0.5, 0.6) is 0 Å². The van der Waals surface area contributed by atoms with Crippen LogP contribution in [0.25, 0.3) is 0 Å². The number of furan rings is 1. The fraction of sp³-hybridized carbons (Fsp3) is 0.647. The molecule has 0 bridgehead atoms. The molecule has 0 unspecified atom stereocenters. The predicted octanol–water partition coefficient (Wildman–Crippen LogP) is 2.87. The molecule has 0 saturated carbocycles. The van der Waals surface area contributed by atoms with Crippen LogP contribution in [0.3, 0.4) is 0 Å². The van der Waals surface area contributed by atoms with Crippen LogP contribution in [0.4, 0.5) is 0 Å². The van der Waals surface area contributed by atoms with Crippen molar-refractivity contribution < 1.29 is 13.9 Å². The maximum atomic E-state index is 11.6. The Bertz CT molecular complexity index is 519. The normalized spacial score (nSPS) is 11.7. The van der Waals surface area contributed by atoms with Gasteiger partial charge in [-0.15, -0.1) is 0 Å². The van der Waals surface area contributed by atoms with Crippen LogP contribution in [-0.4, -0.2) is 32.1 Å². The molecule has 0 aromatic carbocycles. The second kappa shape index (κ2) is 9.92. The zero-order chi connectivity index (χ0) is 17.2. The highest BCUT2D eigenvalue weighted by atomic mass is 16.5. The van der Waals surface area contributed by atoms with Crippen molar-refractivity contribution in [2.45, 2.75) is 47.1 Å². The van der Waals surface area contributed by atoms with Gasteiger partial charge in [0.25, 0.3) is 0 Å². The molecule has 1 rings (SSSR count). The third kappa shape index (κ3) is 5.96. The minimum Gasteiger partial charge on any atom is -0.465 e. The summed E-state index contributed by atoms with van der Waals surface area (Å²) >= 11 is 0. The molecule has 0 aliphatic carbocycles. The van der Waals surface area contributed by atoms with E-state index < -0.39 is 0 Å². The van der Waals surface area contributed by atoms with Crippen molar-refractivity contribution in [1.82, 2.24) is 10.6 Å². The van der Waals surface area contributed by atoms with Gasteiger partial charge in [-0.25, -0.2) is 9.79 Å². The van der Waals surface area contributed by atoms with Gasteiger partial charge in [-0.1, -0.05) is 26.7 Å². The molecule has 0 spiro atoms. The Morgan fingerprint density at radius 1 is 1.30 bits per heavy atom. The lowest BCUT2D eigenvalue weighted by molar-refractivity contribution is 0.0599. The first kappa shape index (κ1) is 19.1. The van der Waals surface area contributed by atoms with Crippen LogP contribution in [-0.2, 0) is 11.3 Å². The second-order valence-electron chi connectivity index (χ2n) is 5.43. The molecule has 23 heavy (non-hydrogen) atoms. The molecule has 1 aromatic rings. The molecule has 0 saturated heterocycles. The number of aryl methyl sites for hydroxylation is 1. The maximum Gasteiger partial charge on any atom is 0.341 e. The summed E-state index contributed by atoms with van der Waals surface area (Å²) in [6.07, 6.45) is 2.28. The number of carbonyl (C=O) groups excluding carboxylic acids is 1. The lowest BCUT2D eigenvalue weighted by Gasteiger charge is -2.16. The van der Waals surface area contributed by atoms with Crippen LogP contribution in [0.15, 0.2) is 15.5 Å². The van der Waals surface area contributed by atoms with Crippen LogP contribution in [0.1, 0.15) is 55.5 Å². The highest BCUT2D eigenvalue weighted by molar-refractivity contribution is 5.90. The first-order valence-corrected chi connectivity index (χ1v) is 8.25. The third-order valence-electron chi connectivity index (χ3n) is 3.82. The van der Waals surface area contributed by atoms with E-state index in [0.29, 0.717) is 29.5 Å². The van der Waals surface area contributed by atoms with E-state index in [4.69, 9.17) is 9.15 Å². The van der Waals surface area contributed by atoms with Gasteiger partial charge in [-0.05, 0) is 25.8 Å². The summed E-state index contributed by atoms with van der Waals surface area (Å²) in [5.41, 5.74) is 0.452. The van der Waals surface area contributed by atoms with Crippen molar-refractivity contribution in [1.29, 1.82) is 0 Å². The number of nitrogens with zero attached hydrogens (tertiary/aromatic N) is 1. The largest absolute Gasteiger partial charge is 0.465 e. The molecule has 0 amide bonds. The number of methoxy groups -OCH3 is 1. The molecule has 6 nitrogen and oxygen atoms in total. The molecule has 6 heteroatoms. The van der Waals surface area contributed by atoms with Gasteiger partial charge in [-0.2, -0.15) is 0 Å². The van der Waals surface area contributed by atoms with E-state index >= 15 is 0 Å². The first-order valence-electron chi connectivity index (χ1n) is 8.25. The van der Waals surface area contributed by atoms with Crippen LogP contribution >= 0.6 is 0 Å². The number of aliphatic imine (C=N–C) groups is 1. The number of ether oxygens (including phenoxy) is 1. The van der Waals surface area contributed by atoms with E-state index in [-0.39, 0.29) is 5.97 Å². The molecule has 0 atom stereocenters. The van der Waals surface area contributed by atoms with Gasteiger partial charge < -0.3 is 19.8 Å². The fourth-order valence-corrected chi connectivity index (χ4v) is 2.25. The molecule has 130 valence electrons. The SMILES string of the molecule is CCNC(=NCc1cc(C(=O)OC)c(C)o1)NCC(CC)CC. The van der Waals surface area contributed by atoms with E-state index in [1.165, 1.54) is 7.11 Å². The number of carbonyl (C=O) groups is 1. The Morgan fingerprint density at radius 3 is 2.57 bits per heavy atom. The van der Waals surface area contributed by atoms with Gasteiger partial charge in [0.05, 0.1) is 7.11 Å². The smallest absolute Gasteiger partial charge is 0.341 e. The summed E-state index contributed by atoms with van der Waals surface area (Å²) in [5.74, 6) is 2.20. The number of rotatable bonds is 8. The second-order valence-corrected chi connectivity index (χ2v) is 5.43. The standard InChI is InChI=1S/C17H29N3O3/c1-6-13(7-2)10-19-17(18-8-3)20-11-14-9-15(12(4)23-14)16(21)22-5/h9,13H,6-8,10-11H2,1-5H3,(H2,18,19,20). The van der Waals surface area contributed by atoms with Gasteiger partial charge in [0, 0.05) is 13.1 Å². The van der Waals surface area contributed by atoms with Gasteiger partial charge in [-0.3, -0.25) is 0 Å². The molecular formula is C17H29N3O3. The summed E-state index contributed by atoms with van der Waals surface area (Å²) in [7, 11) is 1.36. The Hall–Kier alpha value is -1.98. The van der Waals surface area contributed by atoms with E-state index in [1.807, 2.05) is 6.92 Å². The molecular weight excluding hydrogens is 294 g/mol. The van der Waals surface area contributed by atoms with E-state index in [1.54, 1.807) is 13.0 Å². The Morgan fingerprint density at radius 2 is 2.00 bits per heavy atom. The van der Waals surface area contributed by atoms with Crippen LogP contribution in [0.2, 0.25) is 0 Å². The first-order chi connectivity index (χ1) is 11.0. The number of hydrogen-bond acceptors (Lipinski definition) is 4. The summed E-state index contributed by atoms with van der Waals surface area (Å²) in [6, 6.07) is 1.69. The lowest BCUT2D eigenvalue weighted by atomic mass is 10.0. The minimum atomic E-state index is -0.389. The maximum absolute atomic E-state index is 11.6. The zero-order valence-electron chi connectivity index (χ0n) is 14.9. The molecule has 2 N–H and O–H groups in total. The van der Waals surface area contributed by atoms with E-state index in [9.17, 15) is 4.79 Å². The summed E-state index contributed by atoms with van der Waals surface area (Å²) in [5, 5.41) is 6.57. The highest BCUT2D eigenvalue weighted by Gasteiger charge is 2.15. The Labute approximate surface area is 138 Å². The number of nitrogens with one attached hydrogen (secondary N) is 2. The van der Waals surface area contributed by atoms with Crippen molar-refractivity contribution in [2.24, 2.45) is 10.9 Å². The van der Waals surface area contributed by atoms with Crippen molar-refractivity contribution in [3.05, 3.63) is 23.2 Å². The lowest BCUT2D eigenvalue weighted by Crippen LogP contribution is -2.39. The predicted molar refractivity (Wildman–Crippen MR) is 91.7 cm³/mol. The van der Waals surface area contributed by atoms with Crippen molar-refractivity contribution >= 4 is 11.9 Å². The van der Waals surface area contributed by atoms with Crippen molar-refractivity contribution in [3.8, 4) is 0 Å². The van der Waals surface area contributed by atoms with Crippen molar-refractivity contribution in [3.63, 3.8) is 0 Å². The fourth-order valence-electron chi connectivity index (χ4n) is 2.25. The van der Waals surface area contributed by atoms with Crippen molar-refractivity contribution in [2.75, 3.05) is 20.2 Å². The average Bonchev–Trinajstić information content (AvgIpc) is 2.93. The Balaban J connectivity index is 2.71. The average molecular weight is 323 g/mol. The topological polar surface area (TPSA) is 75.9 Å². The highest BCUT2D eigenvalue weighted by Crippen LogP contribution is 2.16. The van der Waals surface area contributed by atoms with E-state index in [0.717, 1.165) is 31.9 Å². The minimum absolute atomic E-state index is 0.371. The molecule has 1 aromatic heterocycles. The zero-order valence-corrected chi connectivity index (χ0v) is 14.9. The summed E-state index contributed by atoms with van der Waals surface area (Å²) in [4.78, 5) is 16.1. The third-order valence-corrected chi connectivity index (χ3v) is 3.82. The number of esters is 1. The quantitative estimate of drug-likeness (QED) is 0.437. The summed E-state index contributed by atoms with van der Waals surface area (Å²) < 4.78 is 10.3. The van der Waals surface area contributed by atoms with Gasteiger partial charge in [0.1, 0.15) is 23.6 Å². The monoisotopic (exact) mass is 323 g/mol. The molecule has 0 aliphatic heterocycles. The number of guanidine groups is 1. The van der Waals surface area contributed by atoms with Gasteiger partial charge in [0.15, 0.2) is 5.96 Å². The van der Waals surface area contributed by atoms with Gasteiger partial charge in [0.2, 0.25) is 0 Å². The summed E-state index contributed by atoms with van der Waals surface area (Å²) in [6.45, 7) is 10.2. The molecule has 0 fully saturated rings. The van der Waals surface area contributed by atoms with Crippen LogP contribution < -0.4 is 10.6 Å².